The van der Waals surface area contributed by atoms with E-state index in [1.807, 2.05) is 0 Å². The number of rotatable bonds is 5. The van der Waals surface area contributed by atoms with E-state index in [2.05, 4.69) is 39.1 Å². The molecule has 0 aliphatic heterocycles. The molecule has 0 spiro atoms. The number of nitrogens with one attached hydrogen (secondary N) is 1. The molecule has 0 aromatic rings. The molecule has 0 radical (unpaired) electrons. The summed E-state index contributed by atoms with van der Waals surface area (Å²) in [6.45, 7) is 1.55. The Kier molecular flexibility index (Phi) is 5.36. The minimum absolute atomic E-state index is 0.122. The van der Waals surface area contributed by atoms with Crippen molar-refractivity contribution in [1.82, 2.24) is 5.32 Å². The maximum atomic E-state index is 11.2. The zero-order chi connectivity index (χ0) is 10.5. The summed E-state index contributed by atoms with van der Waals surface area (Å²) in [6, 6.07) is -0.490. The predicted octanol–water partition coefficient (Wildman–Crippen LogP) is -0.934. The van der Waals surface area contributed by atoms with E-state index in [1.54, 1.807) is 0 Å². The number of likely N-dealkylation sites (N-methyl/N-ethyl adjacent to an activating group) is 1. The molecular weight excluding hydrogens is 186 g/mol. The van der Waals surface area contributed by atoms with Crippen LogP contribution >= 0.6 is 12.6 Å². The van der Waals surface area contributed by atoms with Crippen LogP contribution in [0.2, 0.25) is 0 Å². The number of thiol groups is 1. The van der Waals surface area contributed by atoms with E-state index in [9.17, 15) is 4.79 Å². The number of quaternary nitrogens is 1. The number of carbonyl (C=O) groups excluding carboxylic acids is 1. The molecule has 13 heavy (non-hydrogen) atoms. The lowest BCUT2D eigenvalue weighted by Gasteiger charge is -2.24. The van der Waals surface area contributed by atoms with Crippen LogP contribution in [0.25, 0.3) is 0 Å². The molecule has 0 aromatic heterocycles. The number of carbonyl (C=O) groups is 1. The first-order valence-corrected chi connectivity index (χ1v) is 4.94. The van der Waals surface area contributed by atoms with E-state index < -0.39 is 6.04 Å². The lowest BCUT2D eigenvalue weighted by molar-refractivity contribution is -0.869. The Morgan fingerprint density at radius 2 is 2.08 bits per heavy atom. The maximum absolute atomic E-state index is 11.2. The van der Waals surface area contributed by atoms with Crippen molar-refractivity contribution in [1.29, 1.82) is 0 Å². The zero-order valence-corrected chi connectivity index (χ0v) is 9.47. The molecular formula is C8H20N3OS+. The molecule has 0 unspecified atom stereocenters. The molecule has 0 rings (SSSR count). The molecule has 0 saturated carbocycles. The highest BCUT2D eigenvalue weighted by Gasteiger charge is 2.12. The fraction of sp³-hybridized carbons (Fsp3) is 0.875. The first-order valence-electron chi connectivity index (χ1n) is 4.31. The Hall–Kier alpha value is -0.260. The van der Waals surface area contributed by atoms with Crippen molar-refractivity contribution in [2.45, 2.75) is 6.04 Å². The van der Waals surface area contributed by atoms with Crippen LogP contribution < -0.4 is 11.1 Å². The largest absolute Gasteiger partial charge is 0.349 e. The molecule has 4 nitrogen and oxygen atoms in total. The summed E-state index contributed by atoms with van der Waals surface area (Å²) in [4.78, 5) is 11.2. The normalized spacial score (nSPS) is 13.9. The third-order valence-electron chi connectivity index (χ3n) is 1.62. The Morgan fingerprint density at radius 1 is 1.54 bits per heavy atom. The molecule has 0 fully saturated rings. The van der Waals surface area contributed by atoms with Gasteiger partial charge >= 0.3 is 0 Å². The van der Waals surface area contributed by atoms with Gasteiger partial charge in [0.2, 0.25) is 5.91 Å². The summed E-state index contributed by atoms with van der Waals surface area (Å²) in [5, 5.41) is 2.76. The summed E-state index contributed by atoms with van der Waals surface area (Å²) in [5.74, 6) is 0.263. The predicted molar refractivity (Wildman–Crippen MR) is 57.7 cm³/mol. The zero-order valence-electron chi connectivity index (χ0n) is 8.58. The minimum atomic E-state index is -0.490. The Balaban J connectivity index is 3.60. The monoisotopic (exact) mass is 206 g/mol. The van der Waals surface area contributed by atoms with Gasteiger partial charge in [-0.25, -0.2) is 0 Å². The average molecular weight is 206 g/mol. The molecule has 0 saturated heterocycles. The molecule has 1 amide bonds. The van der Waals surface area contributed by atoms with Crippen molar-refractivity contribution >= 4 is 18.5 Å². The average Bonchev–Trinajstić information content (AvgIpc) is 2.00. The first-order chi connectivity index (χ1) is 5.87. The van der Waals surface area contributed by atoms with Crippen LogP contribution in [-0.2, 0) is 4.79 Å². The number of hydrogen-bond donors (Lipinski definition) is 3. The van der Waals surface area contributed by atoms with Crippen molar-refractivity contribution < 1.29 is 9.28 Å². The van der Waals surface area contributed by atoms with Crippen LogP contribution in [-0.4, -0.2) is 56.4 Å². The van der Waals surface area contributed by atoms with Gasteiger partial charge in [0.25, 0.3) is 0 Å². The van der Waals surface area contributed by atoms with Crippen molar-refractivity contribution in [3.05, 3.63) is 0 Å². The Labute approximate surface area is 85.5 Å². The molecule has 3 N–H and O–H groups in total. The van der Waals surface area contributed by atoms with Gasteiger partial charge in [-0.05, 0) is 0 Å². The van der Waals surface area contributed by atoms with E-state index in [0.29, 0.717) is 12.3 Å². The molecule has 0 heterocycles. The maximum Gasteiger partial charge on any atom is 0.237 e. The molecule has 5 heteroatoms. The third kappa shape index (κ3) is 6.86. The number of nitrogens with zero attached hydrogens (tertiary/aromatic N) is 1. The number of amides is 1. The first kappa shape index (κ1) is 12.7. The second kappa shape index (κ2) is 5.47. The van der Waals surface area contributed by atoms with E-state index in [0.717, 1.165) is 11.0 Å². The van der Waals surface area contributed by atoms with E-state index in [4.69, 9.17) is 5.73 Å². The summed E-state index contributed by atoms with van der Waals surface area (Å²) in [6.07, 6.45) is 0. The van der Waals surface area contributed by atoms with Gasteiger partial charge < -0.3 is 15.5 Å². The van der Waals surface area contributed by atoms with Gasteiger partial charge in [-0.2, -0.15) is 12.6 Å². The smallest absolute Gasteiger partial charge is 0.237 e. The van der Waals surface area contributed by atoms with Crippen LogP contribution in [0.15, 0.2) is 0 Å². The topological polar surface area (TPSA) is 55.1 Å². The van der Waals surface area contributed by atoms with E-state index >= 15 is 0 Å². The van der Waals surface area contributed by atoms with Crippen LogP contribution in [0.3, 0.4) is 0 Å². The molecule has 1 atom stereocenters. The van der Waals surface area contributed by atoms with Crippen molar-refractivity contribution in [3.8, 4) is 0 Å². The SMILES string of the molecule is C[N+](C)(C)CCNC(=O)[C@@H](N)CS. The van der Waals surface area contributed by atoms with Gasteiger partial charge in [-0.1, -0.05) is 0 Å². The Bertz CT molecular complexity index is 167. The van der Waals surface area contributed by atoms with Crippen LogP contribution in [0.5, 0.6) is 0 Å². The molecule has 0 aliphatic rings. The summed E-state index contributed by atoms with van der Waals surface area (Å²) < 4.78 is 0.830. The highest BCUT2D eigenvalue weighted by molar-refractivity contribution is 7.80. The summed E-state index contributed by atoms with van der Waals surface area (Å²) in [5.41, 5.74) is 5.47. The highest BCUT2D eigenvalue weighted by Crippen LogP contribution is 1.88. The van der Waals surface area contributed by atoms with Crippen LogP contribution in [0.4, 0.5) is 0 Å². The van der Waals surface area contributed by atoms with E-state index in [1.165, 1.54) is 0 Å². The fourth-order valence-corrected chi connectivity index (χ4v) is 0.894. The second-order valence-electron chi connectivity index (χ2n) is 4.09. The van der Waals surface area contributed by atoms with Crippen molar-refractivity contribution in [2.24, 2.45) is 5.73 Å². The van der Waals surface area contributed by atoms with Crippen LogP contribution in [0, 0.1) is 0 Å². The van der Waals surface area contributed by atoms with Gasteiger partial charge in [0.1, 0.15) is 0 Å². The standard InChI is InChI=1S/C8H19N3OS/c1-11(2,3)5-4-10-8(12)7(9)6-13/h7H,4-6,9H2,1-3H3,(H-,10,12,13)/p+1/t7-/m0/s1. The quantitative estimate of drug-likeness (QED) is 0.402. The second-order valence-corrected chi connectivity index (χ2v) is 4.46. The number of hydrogen-bond acceptors (Lipinski definition) is 3. The molecule has 0 bridgehead atoms. The van der Waals surface area contributed by atoms with Gasteiger partial charge in [-0.15, -0.1) is 0 Å². The minimum Gasteiger partial charge on any atom is -0.349 e. The van der Waals surface area contributed by atoms with Crippen LogP contribution in [0.1, 0.15) is 0 Å². The van der Waals surface area contributed by atoms with Crippen molar-refractivity contribution in [2.75, 3.05) is 40.0 Å². The summed E-state index contributed by atoms with van der Waals surface area (Å²) in [7, 11) is 6.22. The van der Waals surface area contributed by atoms with Gasteiger partial charge in [-0.3, -0.25) is 4.79 Å². The fourth-order valence-electron chi connectivity index (χ4n) is 0.729. The third-order valence-corrected chi connectivity index (χ3v) is 2.01. The molecule has 78 valence electrons. The summed E-state index contributed by atoms with van der Waals surface area (Å²) >= 11 is 3.94. The van der Waals surface area contributed by atoms with Gasteiger partial charge in [0.15, 0.2) is 0 Å². The van der Waals surface area contributed by atoms with Gasteiger partial charge in [0.05, 0.1) is 40.3 Å². The van der Waals surface area contributed by atoms with Gasteiger partial charge in [0, 0.05) is 5.75 Å². The lowest BCUT2D eigenvalue weighted by atomic mass is 10.3. The molecule has 0 aromatic carbocycles. The van der Waals surface area contributed by atoms with E-state index in [-0.39, 0.29) is 5.91 Å². The molecule has 0 aliphatic carbocycles. The Morgan fingerprint density at radius 3 is 2.46 bits per heavy atom. The highest BCUT2D eigenvalue weighted by atomic mass is 32.1. The number of nitrogens with two attached hydrogens (primary N) is 1. The van der Waals surface area contributed by atoms with Crippen molar-refractivity contribution in [3.63, 3.8) is 0 Å². The lowest BCUT2D eigenvalue weighted by Crippen LogP contribution is -2.47.